The van der Waals surface area contributed by atoms with Gasteiger partial charge in [-0.3, -0.25) is 9.78 Å². The van der Waals surface area contributed by atoms with Gasteiger partial charge in [0.05, 0.1) is 10.9 Å². The van der Waals surface area contributed by atoms with Crippen LogP contribution in [0, 0.1) is 5.82 Å². The SMILES string of the molecule is O=c1[nH]c(CNCc2ccc(F)cc2)cc2ncccc12. The highest BCUT2D eigenvalue weighted by Crippen LogP contribution is 2.07. The third-order valence-electron chi connectivity index (χ3n) is 3.23. The number of nitrogens with zero attached hydrogens (tertiary/aromatic N) is 1. The number of hydrogen-bond acceptors (Lipinski definition) is 3. The van der Waals surface area contributed by atoms with Gasteiger partial charge in [-0.25, -0.2) is 4.39 Å². The van der Waals surface area contributed by atoms with Crippen LogP contribution in [0.2, 0.25) is 0 Å². The summed E-state index contributed by atoms with van der Waals surface area (Å²) in [4.78, 5) is 18.9. The highest BCUT2D eigenvalue weighted by atomic mass is 19.1. The molecule has 0 saturated carbocycles. The predicted molar refractivity (Wildman–Crippen MR) is 79.3 cm³/mol. The fraction of sp³-hybridized carbons (Fsp3) is 0.125. The van der Waals surface area contributed by atoms with Gasteiger partial charge >= 0.3 is 0 Å². The molecule has 0 unspecified atom stereocenters. The topological polar surface area (TPSA) is 57.8 Å². The summed E-state index contributed by atoms with van der Waals surface area (Å²) >= 11 is 0. The Balaban J connectivity index is 1.70. The number of aromatic nitrogens is 2. The van der Waals surface area contributed by atoms with Crippen LogP contribution in [0.1, 0.15) is 11.3 Å². The van der Waals surface area contributed by atoms with E-state index in [2.05, 4.69) is 15.3 Å². The number of pyridine rings is 2. The van der Waals surface area contributed by atoms with E-state index in [1.165, 1.54) is 12.1 Å². The molecule has 0 spiro atoms. The van der Waals surface area contributed by atoms with E-state index in [9.17, 15) is 9.18 Å². The normalized spacial score (nSPS) is 10.9. The summed E-state index contributed by atoms with van der Waals surface area (Å²) in [6.45, 7) is 1.11. The first-order valence-corrected chi connectivity index (χ1v) is 6.64. The summed E-state index contributed by atoms with van der Waals surface area (Å²) < 4.78 is 12.8. The van der Waals surface area contributed by atoms with Crippen molar-refractivity contribution in [3.05, 3.63) is 76.1 Å². The molecule has 4 nitrogen and oxygen atoms in total. The lowest BCUT2D eigenvalue weighted by molar-refractivity contribution is 0.624. The van der Waals surface area contributed by atoms with Gasteiger partial charge < -0.3 is 10.3 Å². The molecule has 0 aliphatic heterocycles. The Morgan fingerprint density at radius 2 is 1.95 bits per heavy atom. The Kier molecular flexibility index (Phi) is 3.75. The highest BCUT2D eigenvalue weighted by Gasteiger charge is 2.02. The molecule has 21 heavy (non-hydrogen) atoms. The minimum atomic E-state index is -0.247. The van der Waals surface area contributed by atoms with Crippen molar-refractivity contribution in [1.29, 1.82) is 0 Å². The van der Waals surface area contributed by atoms with Crippen LogP contribution in [0.25, 0.3) is 10.9 Å². The Bertz CT molecular complexity index is 812. The summed E-state index contributed by atoms with van der Waals surface area (Å²) in [5, 5.41) is 3.79. The van der Waals surface area contributed by atoms with Crippen molar-refractivity contribution in [3.8, 4) is 0 Å². The molecule has 0 fully saturated rings. The molecular weight excluding hydrogens is 269 g/mol. The second kappa shape index (κ2) is 5.85. The molecule has 0 aliphatic rings. The number of benzene rings is 1. The molecule has 2 N–H and O–H groups in total. The van der Waals surface area contributed by atoms with Gasteiger partial charge in [-0.05, 0) is 35.9 Å². The number of nitrogens with one attached hydrogen (secondary N) is 2. The van der Waals surface area contributed by atoms with Crippen LogP contribution in [-0.4, -0.2) is 9.97 Å². The van der Waals surface area contributed by atoms with Crippen LogP contribution in [0.5, 0.6) is 0 Å². The van der Waals surface area contributed by atoms with E-state index >= 15 is 0 Å². The number of halogens is 1. The minimum absolute atomic E-state index is 0.140. The molecule has 0 radical (unpaired) electrons. The van der Waals surface area contributed by atoms with Crippen LogP contribution in [0.15, 0.2) is 53.5 Å². The van der Waals surface area contributed by atoms with Crippen molar-refractivity contribution in [1.82, 2.24) is 15.3 Å². The zero-order valence-corrected chi connectivity index (χ0v) is 11.3. The Hall–Kier alpha value is -2.53. The lowest BCUT2D eigenvalue weighted by atomic mass is 10.2. The number of aromatic amines is 1. The number of fused-ring (bicyclic) bond motifs is 1. The first-order valence-electron chi connectivity index (χ1n) is 6.64. The third kappa shape index (κ3) is 3.14. The molecule has 0 bridgehead atoms. The van der Waals surface area contributed by atoms with Crippen LogP contribution < -0.4 is 10.9 Å². The quantitative estimate of drug-likeness (QED) is 0.772. The summed E-state index contributed by atoms with van der Waals surface area (Å²) in [5.41, 5.74) is 2.30. The number of hydrogen-bond donors (Lipinski definition) is 2. The fourth-order valence-electron chi connectivity index (χ4n) is 2.18. The summed E-state index contributed by atoms with van der Waals surface area (Å²) in [7, 11) is 0. The average molecular weight is 283 g/mol. The molecule has 0 aliphatic carbocycles. The molecule has 2 heterocycles. The molecule has 0 amide bonds. The second-order valence-electron chi connectivity index (χ2n) is 4.79. The Morgan fingerprint density at radius 1 is 1.14 bits per heavy atom. The van der Waals surface area contributed by atoms with E-state index in [4.69, 9.17) is 0 Å². The molecule has 0 saturated heterocycles. The summed E-state index contributed by atoms with van der Waals surface area (Å²) in [6.07, 6.45) is 1.66. The molecular formula is C16H14FN3O. The molecule has 106 valence electrons. The highest BCUT2D eigenvalue weighted by molar-refractivity contribution is 5.77. The van der Waals surface area contributed by atoms with Crippen molar-refractivity contribution in [2.24, 2.45) is 0 Å². The van der Waals surface area contributed by atoms with E-state index < -0.39 is 0 Å². The van der Waals surface area contributed by atoms with Crippen molar-refractivity contribution >= 4 is 10.9 Å². The van der Waals surface area contributed by atoms with Gasteiger partial charge in [0.2, 0.25) is 0 Å². The standard InChI is InChI=1S/C16H14FN3O/c17-12-5-3-11(4-6-12)9-18-10-13-8-15-14(16(21)20-13)2-1-7-19-15/h1-8,18H,9-10H2,(H,20,21). The number of H-pyrrole nitrogens is 1. The molecule has 3 aromatic rings. The van der Waals surface area contributed by atoms with Crippen molar-refractivity contribution < 1.29 is 4.39 Å². The van der Waals surface area contributed by atoms with Crippen LogP contribution in [0.3, 0.4) is 0 Å². The predicted octanol–water partition coefficient (Wildman–Crippen LogP) is 2.35. The van der Waals surface area contributed by atoms with E-state index in [1.54, 1.807) is 30.5 Å². The summed E-state index contributed by atoms with van der Waals surface area (Å²) in [5.74, 6) is -0.247. The largest absolute Gasteiger partial charge is 0.324 e. The second-order valence-corrected chi connectivity index (χ2v) is 4.79. The Labute approximate surface area is 120 Å². The van der Waals surface area contributed by atoms with E-state index in [0.717, 1.165) is 11.3 Å². The van der Waals surface area contributed by atoms with Gasteiger partial charge in [-0.2, -0.15) is 0 Å². The minimum Gasteiger partial charge on any atom is -0.324 e. The lowest BCUT2D eigenvalue weighted by Crippen LogP contribution is -2.17. The lowest BCUT2D eigenvalue weighted by Gasteiger charge is -2.06. The summed E-state index contributed by atoms with van der Waals surface area (Å²) in [6, 6.07) is 11.7. The van der Waals surface area contributed by atoms with Gasteiger partial charge in [-0.1, -0.05) is 12.1 Å². The zero-order chi connectivity index (χ0) is 14.7. The maximum absolute atomic E-state index is 12.8. The third-order valence-corrected chi connectivity index (χ3v) is 3.23. The first kappa shape index (κ1) is 13.5. The molecule has 3 rings (SSSR count). The molecule has 5 heteroatoms. The van der Waals surface area contributed by atoms with E-state index in [0.29, 0.717) is 24.0 Å². The first-order chi connectivity index (χ1) is 10.2. The van der Waals surface area contributed by atoms with Gasteiger partial charge in [0.15, 0.2) is 0 Å². The molecule has 0 atom stereocenters. The fourth-order valence-corrected chi connectivity index (χ4v) is 2.18. The monoisotopic (exact) mass is 283 g/mol. The van der Waals surface area contributed by atoms with E-state index in [1.807, 2.05) is 6.07 Å². The maximum Gasteiger partial charge on any atom is 0.257 e. The van der Waals surface area contributed by atoms with Crippen molar-refractivity contribution in [2.45, 2.75) is 13.1 Å². The maximum atomic E-state index is 12.8. The van der Waals surface area contributed by atoms with Gasteiger partial charge in [0, 0.05) is 25.0 Å². The van der Waals surface area contributed by atoms with Gasteiger partial charge in [-0.15, -0.1) is 0 Å². The van der Waals surface area contributed by atoms with E-state index in [-0.39, 0.29) is 11.4 Å². The van der Waals surface area contributed by atoms with Crippen molar-refractivity contribution in [2.75, 3.05) is 0 Å². The van der Waals surface area contributed by atoms with Crippen LogP contribution in [0.4, 0.5) is 4.39 Å². The van der Waals surface area contributed by atoms with Gasteiger partial charge in [0.25, 0.3) is 5.56 Å². The molecule has 2 aromatic heterocycles. The van der Waals surface area contributed by atoms with Crippen molar-refractivity contribution in [3.63, 3.8) is 0 Å². The Morgan fingerprint density at radius 3 is 2.76 bits per heavy atom. The van der Waals surface area contributed by atoms with Crippen LogP contribution in [-0.2, 0) is 13.1 Å². The zero-order valence-electron chi connectivity index (χ0n) is 11.3. The van der Waals surface area contributed by atoms with Gasteiger partial charge in [0.1, 0.15) is 5.82 Å². The van der Waals surface area contributed by atoms with Crippen LogP contribution >= 0.6 is 0 Å². The number of rotatable bonds is 4. The smallest absolute Gasteiger partial charge is 0.257 e. The average Bonchev–Trinajstić information content (AvgIpc) is 2.49. The molecule has 1 aromatic carbocycles.